The van der Waals surface area contributed by atoms with Crippen molar-refractivity contribution in [3.63, 3.8) is 0 Å². The predicted molar refractivity (Wildman–Crippen MR) is 111 cm³/mol. The highest BCUT2D eigenvalue weighted by Gasteiger charge is 2.36. The maximum Gasteiger partial charge on any atom is 0.0711 e. The first-order chi connectivity index (χ1) is 13.8. The highest BCUT2D eigenvalue weighted by molar-refractivity contribution is 5.52. The first kappa shape index (κ1) is 18.1. The number of benzene rings is 1. The number of likely N-dealkylation sites (tertiary alicyclic amines) is 1. The number of rotatable bonds is 4. The molecule has 2 aliphatic heterocycles. The van der Waals surface area contributed by atoms with Crippen LogP contribution in [0, 0.1) is 5.92 Å². The Morgan fingerprint density at radius 1 is 1.04 bits per heavy atom. The number of nitrogens with zero attached hydrogens (tertiary/aromatic N) is 4. The third-order valence-electron chi connectivity index (χ3n) is 6.95. The Labute approximate surface area is 167 Å². The van der Waals surface area contributed by atoms with Gasteiger partial charge in [-0.05, 0) is 61.8 Å². The van der Waals surface area contributed by atoms with E-state index in [2.05, 4.69) is 38.0 Å². The van der Waals surface area contributed by atoms with Crippen molar-refractivity contribution >= 4 is 5.69 Å². The van der Waals surface area contributed by atoms with Gasteiger partial charge in [0.2, 0.25) is 0 Å². The van der Waals surface area contributed by atoms with Crippen LogP contribution in [0.2, 0.25) is 0 Å². The van der Waals surface area contributed by atoms with E-state index in [1.807, 2.05) is 6.20 Å². The summed E-state index contributed by atoms with van der Waals surface area (Å²) in [7, 11) is 0. The number of piperidine rings is 1. The van der Waals surface area contributed by atoms with Crippen molar-refractivity contribution in [3.05, 3.63) is 53.6 Å². The maximum absolute atomic E-state index is 10.6. The average Bonchev–Trinajstić information content (AvgIpc) is 3.35. The molecule has 1 aliphatic carbocycles. The van der Waals surface area contributed by atoms with Crippen molar-refractivity contribution in [2.75, 3.05) is 31.1 Å². The third kappa shape index (κ3) is 3.65. The predicted octanol–water partition coefficient (Wildman–Crippen LogP) is 2.47. The van der Waals surface area contributed by atoms with Crippen LogP contribution in [0.25, 0.3) is 0 Å². The minimum atomic E-state index is -0.253. The number of aliphatic hydroxyl groups is 1. The van der Waals surface area contributed by atoms with Crippen LogP contribution in [0.1, 0.15) is 36.1 Å². The minimum Gasteiger partial charge on any atom is -0.391 e. The van der Waals surface area contributed by atoms with Gasteiger partial charge < -0.3 is 10.0 Å². The summed E-state index contributed by atoms with van der Waals surface area (Å²) in [4.78, 5) is 13.6. The monoisotopic (exact) mass is 378 g/mol. The Morgan fingerprint density at radius 3 is 2.71 bits per heavy atom. The van der Waals surface area contributed by atoms with E-state index in [1.165, 1.54) is 37.8 Å². The lowest BCUT2D eigenvalue weighted by Gasteiger charge is -2.38. The summed E-state index contributed by atoms with van der Waals surface area (Å²) in [6.45, 7) is 4.01. The molecule has 0 spiro atoms. The largest absolute Gasteiger partial charge is 0.391 e. The summed E-state index contributed by atoms with van der Waals surface area (Å²) >= 11 is 0. The highest BCUT2D eigenvalue weighted by Crippen LogP contribution is 2.31. The zero-order chi connectivity index (χ0) is 18.9. The van der Waals surface area contributed by atoms with Gasteiger partial charge in [0.15, 0.2) is 0 Å². The lowest BCUT2D eigenvalue weighted by molar-refractivity contribution is 0.131. The van der Waals surface area contributed by atoms with Crippen LogP contribution in [0.5, 0.6) is 0 Å². The van der Waals surface area contributed by atoms with E-state index >= 15 is 0 Å². The zero-order valence-corrected chi connectivity index (χ0v) is 16.5. The lowest BCUT2D eigenvalue weighted by atomic mass is 10.00. The summed E-state index contributed by atoms with van der Waals surface area (Å²) in [5.41, 5.74) is 5.51. The molecule has 148 valence electrons. The first-order valence-corrected chi connectivity index (χ1v) is 10.8. The van der Waals surface area contributed by atoms with Gasteiger partial charge in [0.1, 0.15) is 0 Å². The number of aliphatic hydroxyl groups excluding tert-OH is 1. The Kier molecular flexibility index (Phi) is 5.03. The number of aromatic nitrogens is 2. The van der Waals surface area contributed by atoms with Gasteiger partial charge in [-0.3, -0.25) is 14.9 Å². The SMILES string of the molecule is O[C@@H]1CN(C2CCN(c3ccc4c(c3)CCC4)CC2)C[C@H]1Cc1cnccn1. The van der Waals surface area contributed by atoms with Crippen molar-refractivity contribution in [1.82, 2.24) is 14.9 Å². The van der Waals surface area contributed by atoms with Crippen LogP contribution >= 0.6 is 0 Å². The molecule has 2 saturated heterocycles. The molecule has 5 rings (SSSR count). The molecule has 2 aromatic rings. The Morgan fingerprint density at radius 2 is 1.89 bits per heavy atom. The molecule has 0 amide bonds. The third-order valence-corrected chi connectivity index (χ3v) is 6.95. The molecule has 2 fully saturated rings. The van der Waals surface area contributed by atoms with Crippen molar-refractivity contribution in [2.45, 2.75) is 50.7 Å². The van der Waals surface area contributed by atoms with E-state index in [4.69, 9.17) is 0 Å². The van der Waals surface area contributed by atoms with Gasteiger partial charge in [0.25, 0.3) is 0 Å². The second-order valence-electron chi connectivity index (χ2n) is 8.71. The fraction of sp³-hybridized carbons (Fsp3) is 0.565. The molecule has 0 bridgehead atoms. The normalized spacial score (nSPS) is 26.0. The number of fused-ring (bicyclic) bond motifs is 1. The van der Waals surface area contributed by atoms with Gasteiger partial charge in [0, 0.05) is 62.4 Å². The van der Waals surface area contributed by atoms with Crippen molar-refractivity contribution < 1.29 is 5.11 Å². The Bertz CT molecular complexity index is 804. The number of hydrogen-bond donors (Lipinski definition) is 1. The average molecular weight is 379 g/mol. The van der Waals surface area contributed by atoms with Crippen molar-refractivity contribution in [2.24, 2.45) is 5.92 Å². The van der Waals surface area contributed by atoms with E-state index in [9.17, 15) is 5.11 Å². The van der Waals surface area contributed by atoms with Gasteiger partial charge in [0.05, 0.1) is 11.8 Å². The van der Waals surface area contributed by atoms with Gasteiger partial charge in [-0.2, -0.15) is 0 Å². The molecule has 0 radical (unpaired) electrons. The second-order valence-corrected chi connectivity index (χ2v) is 8.71. The number of β-amino-alcohol motifs (C(OH)–C–C–N with tert-alkyl or cyclic N) is 1. The van der Waals surface area contributed by atoms with E-state index in [-0.39, 0.29) is 12.0 Å². The smallest absolute Gasteiger partial charge is 0.0711 e. The summed E-state index contributed by atoms with van der Waals surface area (Å²) in [6.07, 6.45) is 12.0. The first-order valence-electron chi connectivity index (χ1n) is 10.8. The number of aryl methyl sites for hydroxylation is 2. The second kappa shape index (κ2) is 7.80. The summed E-state index contributed by atoms with van der Waals surface area (Å²) < 4.78 is 0. The number of anilines is 1. The summed E-state index contributed by atoms with van der Waals surface area (Å²) in [6, 6.07) is 7.69. The van der Waals surface area contributed by atoms with Crippen LogP contribution < -0.4 is 4.90 Å². The molecule has 1 aromatic carbocycles. The Balaban J connectivity index is 1.17. The molecule has 2 atom stereocenters. The van der Waals surface area contributed by atoms with E-state index in [1.54, 1.807) is 23.5 Å². The Hall–Kier alpha value is -1.98. The molecule has 3 aliphatic rings. The molecular weight excluding hydrogens is 348 g/mol. The molecule has 0 unspecified atom stereocenters. The zero-order valence-electron chi connectivity index (χ0n) is 16.5. The maximum atomic E-state index is 10.6. The van der Waals surface area contributed by atoms with Crippen molar-refractivity contribution in [1.29, 1.82) is 0 Å². The minimum absolute atomic E-state index is 0.253. The van der Waals surface area contributed by atoms with Crippen molar-refractivity contribution in [3.8, 4) is 0 Å². The highest BCUT2D eigenvalue weighted by atomic mass is 16.3. The molecular formula is C23H30N4O. The summed E-state index contributed by atoms with van der Waals surface area (Å²) in [5, 5.41) is 10.6. The van der Waals surface area contributed by atoms with E-state index in [0.717, 1.165) is 38.3 Å². The van der Waals surface area contributed by atoms with E-state index < -0.39 is 0 Å². The van der Waals surface area contributed by atoms with Crippen LogP contribution in [0.15, 0.2) is 36.8 Å². The van der Waals surface area contributed by atoms with Crippen LogP contribution in [-0.4, -0.2) is 58.3 Å². The number of hydrogen-bond acceptors (Lipinski definition) is 5. The molecule has 5 nitrogen and oxygen atoms in total. The summed E-state index contributed by atoms with van der Waals surface area (Å²) in [5.74, 6) is 0.270. The molecule has 3 heterocycles. The topological polar surface area (TPSA) is 52.5 Å². The molecule has 5 heteroatoms. The standard InChI is InChI=1S/C23H30N4O/c28-23-16-27(15-19(23)12-20-14-24-8-9-25-20)21-6-10-26(11-7-21)22-5-4-17-2-1-3-18(17)13-22/h4-5,8-9,13-14,19,21,23,28H,1-3,6-7,10-12,15-16H2/t19-,23-/m1/s1. The van der Waals surface area contributed by atoms with Gasteiger partial charge in [-0.15, -0.1) is 0 Å². The van der Waals surface area contributed by atoms with Gasteiger partial charge in [-0.1, -0.05) is 6.07 Å². The van der Waals surface area contributed by atoms with Crippen LogP contribution in [-0.2, 0) is 19.3 Å². The quantitative estimate of drug-likeness (QED) is 0.886. The van der Waals surface area contributed by atoms with Crippen LogP contribution in [0.3, 0.4) is 0 Å². The molecule has 28 heavy (non-hydrogen) atoms. The fourth-order valence-corrected chi connectivity index (χ4v) is 5.33. The van der Waals surface area contributed by atoms with Gasteiger partial charge >= 0.3 is 0 Å². The van der Waals surface area contributed by atoms with E-state index in [0.29, 0.717) is 6.04 Å². The van der Waals surface area contributed by atoms with Gasteiger partial charge in [-0.25, -0.2) is 0 Å². The lowest BCUT2D eigenvalue weighted by Crippen LogP contribution is -2.44. The molecule has 1 N–H and O–H groups in total. The molecule has 0 saturated carbocycles. The molecule has 1 aromatic heterocycles. The van der Waals surface area contributed by atoms with Crippen LogP contribution in [0.4, 0.5) is 5.69 Å². The fourth-order valence-electron chi connectivity index (χ4n) is 5.33.